The van der Waals surface area contributed by atoms with E-state index in [1.54, 1.807) is 11.1 Å². The van der Waals surface area contributed by atoms with E-state index in [1.165, 1.54) is 19.4 Å². The Morgan fingerprint density at radius 3 is 2.26 bits per heavy atom. The van der Waals surface area contributed by atoms with Gasteiger partial charge in [0.05, 0.1) is 12.7 Å². The van der Waals surface area contributed by atoms with Crippen LogP contribution in [0.25, 0.3) is 21.7 Å². The van der Waals surface area contributed by atoms with Gasteiger partial charge in [0.2, 0.25) is 53.2 Å². The quantitative estimate of drug-likeness (QED) is 0.0822. The Bertz CT molecular complexity index is 2980. The van der Waals surface area contributed by atoms with Crippen molar-refractivity contribution in [3.8, 4) is 0 Å². The molecule has 2 aromatic heterocycles. The number of aromatic amines is 2. The summed E-state index contributed by atoms with van der Waals surface area (Å²) in [4.78, 5) is 140. The minimum absolute atomic E-state index is 0.0186. The van der Waals surface area contributed by atoms with Crippen molar-refractivity contribution in [1.29, 1.82) is 0 Å². The van der Waals surface area contributed by atoms with Gasteiger partial charge in [0.1, 0.15) is 42.3 Å². The van der Waals surface area contributed by atoms with E-state index in [4.69, 9.17) is 5.73 Å². The van der Waals surface area contributed by atoms with Crippen LogP contribution in [-0.4, -0.2) is 128 Å². The first kappa shape index (κ1) is 56.1. The molecule has 5 aromatic rings. The minimum atomic E-state index is -1.55. The molecule has 1 aliphatic carbocycles. The minimum Gasteiger partial charge on any atom is -0.368 e. The van der Waals surface area contributed by atoms with Crippen LogP contribution in [0.5, 0.6) is 0 Å². The molecule has 0 radical (unpaired) electrons. The Kier molecular flexibility index (Phi) is 18.9. The number of para-hydroxylation sites is 1. The Morgan fingerprint density at radius 1 is 0.769 bits per heavy atom. The number of fused-ring (bicyclic) bond motifs is 5. The summed E-state index contributed by atoms with van der Waals surface area (Å²) in [5, 5.41) is 22.3. The lowest BCUT2D eigenvalue weighted by Crippen LogP contribution is -2.61. The molecule has 1 saturated carbocycles. The summed E-state index contributed by atoms with van der Waals surface area (Å²) in [7, 11) is 0. The summed E-state index contributed by atoms with van der Waals surface area (Å²) < 4.78 is 0. The summed E-state index contributed by atoms with van der Waals surface area (Å²) in [6.45, 7) is 3.26. The highest BCUT2D eigenvalue weighted by Crippen LogP contribution is 2.40. The molecule has 21 heteroatoms. The largest absolute Gasteiger partial charge is 0.368 e. The number of carbonyl (C=O) groups excluding carboxylic acids is 9. The van der Waals surface area contributed by atoms with Crippen molar-refractivity contribution in [3.63, 3.8) is 0 Å². The summed E-state index contributed by atoms with van der Waals surface area (Å²) >= 11 is 0. The molecule has 414 valence electrons. The molecule has 0 spiro atoms. The number of primary amides is 1. The van der Waals surface area contributed by atoms with Crippen molar-refractivity contribution in [2.24, 2.45) is 11.7 Å². The molecule has 4 heterocycles. The fourth-order valence-electron chi connectivity index (χ4n) is 11.3. The van der Waals surface area contributed by atoms with Crippen LogP contribution in [-0.2, 0) is 62.4 Å². The van der Waals surface area contributed by atoms with E-state index in [0.29, 0.717) is 49.8 Å². The third-order valence-corrected chi connectivity index (χ3v) is 15.3. The number of nitrogens with one attached hydrogen (secondary N) is 9. The van der Waals surface area contributed by atoms with Gasteiger partial charge in [0, 0.05) is 67.8 Å². The van der Waals surface area contributed by atoms with Gasteiger partial charge in [0.15, 0.2) is 0 Å². The number of amides is 9. The number of imidazole rings is 1. The van der Waals surface area contributed by atoms with Gasteiger partial charge in [-0.05, 0) is 78.8 Å². The number of H-pyrrole nitrogens is 2. The van der Waals surface area contributed by atoms with Crippen molar-refractivity contribution in [1.82, 2.24) is 57.1 Å². The predicted octanol–water partition coefficient (Wildman–Crippen LogP) is 2.53. The average molecular weight is 1070 g/mol. The van der Waals surface area contributed by atoms with Crippen LogP contribution in [0.3, 0.4) is 0 Å². The van der Waals surface area contributed by atoms with Gasteiger partial charge >= 0.3 is 0 Å². The van der Waals surface area contributed by atoms with Crippen LogP contribution in [0.4, 0.5) is 0 Å². The molecule has 3 fully saturated rings. The number of aromatic nitrogens is 3. The van der Waals surface area contributed by atoms with Crippen LogP contribution in [0, 0.1) is 5.92 Å². The number of carbonyl (C=O) groups is 9. The molecular formula is C57H72N12O9. The molecule has 0 bridgehead atoms. The highest BCUT2D eigenvalue weighted by Gasteiger charge is 2.50. The van der Waals surface area contributed by atoms with Crippen molar-refractivity contribution in [2.75, 3.05) is 6.54 Å². The standard InChI is InChI=1S/C57H72N12O9/c1-3-4-17-43(63-33(2)70)52(73)66-46-29-50(71)60-23-12-11-19-42(51(58)72)64-53(74)44(26-38-30-61-41-18-9-8-16-40(38)41)67-56(77)49-27-37-15-7-10-20-48(37)69(49)57(78)47(25-34-21-22-35-13-5-6-14-36(35)24-34)68-54(75)45(65-55(46)76)28-39-31-59-32-62-39/h5-6,8-9,13-14,16,18,21-22,24,30-32,37,42-49,61H,3-4,7,10-12,15,17,19-20,23,25-29H2,1-2H3,(H2,58,72)(H,59,62)(H,60,71)(H,63,70)(H,64,74)(H,65,76)(H,66,73)(H,67,77)(H,68,75)/t37?,42-,43-,44-,45-,46-,47+,48?,49-/m0/s1. The molecular weight excluding hydrogens is 997 g/mol. The van der Waals surface area contributed by atoms with E-state index >= 15 is 14.4 Å². The fourth-order valence-corrected chi connectivity index (χ4v) is 11.3. The molecule has 3 aromatic carbocycles. The van der Waals surface area contributed by atoms with Crippen LogP contribution < -0.4 is 43.0 Å². The van der Waals surface area contributed by atoms with Crippen LogP contribution in [0.15, 0.2) is 85.5 Å². The Morgan fingerprint density at radius 2 is 1.49 bits per heavy atom. The number of nitrogens with two attached hydrogens (primary N) is 1. The topological polar surface area (TPSA) is 312 Å². The lowest BCUT2D eigenvalue weighted by atomic mass is 9.84. The Labute approximate surface area is 452 Å². The second kappa shape index (κ2) is 26.3. The number of unbranched alkanes of at least 4 members (excludes halogenated alkanes) is 1. The number of benzene rings is 3. The first-order chi connectivity index (χ1) is 37.6. The summed E-state index contributed by atoms with van der Waals surface area (Å²) in [5.74, 6) is -6.15. The van der Waals surface area contributed by atoms with E-state index in [1.807, 2.05) is 73.7 Å². The molecule has 9 atom stereocenters. The fraction of sp³-hybridized carbons (Fsp3) is 0.474. The molecule has 21 nitrogen and oxygen atoms in total. The van der Waals surface area contributed by atoms with E-state index in [2.05, 4.69) is 52.2 Å². The molecule has 9 amide bonds. The zero-order valence-electron chi connectivity index (χ0n) is 44.2. The molecule has 78 heavy (non-hydrogen) atoms. The Balaban J connectivity index is 1.18. The third kappa shape index (κ3) is 14.3. The normalized spacial score (nSPS) is 24.6. The lowest BCUT2D eigenvalue weighted by molar-refractivity contribution is -0.145. The number of hydrogen-bond donors (Lipinski definition) is 10. The van der Waals surface area contributed by atoms with Gasteiger partial charge in [-0.15, -0.1) is 0 Å². The highest BCUT2D eigenvalue weighted by atomic mass is 16.2. The number of nitrogens with zero attached hydrogens (tertiary/aromatic N) is 2. The molecule has 2 unspecified atom stereocenters. The van der Waals surface area contributed by atoms with Gasteiger partial charge in [0.25, 0.3) is 0 Å². The van der Waals surface area contributed by atoms with E-state index in [9.17, 15) is 28.8 Å². The van der Waals surface area contributed by atoms with Crippen LogP contribution >= 0.6 is 0 Å². The van der Waals surface area contributed by atoms with Gasteiger partial charge in [-0.2, -0.15) is 0 Å². The third-order valence-electron chi connectivity index (χ3n) is 15.3. The molecule has 3 aliphatic rings. The van der Waals surface area contributed by atoms with Crippen LogP contribution in [0.2, 0.25) is 0 Å². The second-order valence-electron chi connectivity index (χ2n) is 21.0. The van der Waals surface area contributed by atoms with Gasteiger partial charge in [-0.1, -0.05) is 93.3 Å². The van der Waals surface area contributed by atoms with Crippen molar-refractivity contribution in [3.05, 3.63) is 102 Å². The molecule has 2 saturated heterocycles. The maximum absolute atomic E-state index is 15.8. The predicted molar refractivity (Wildman–Crippen MR) is 290 cm³/mol. The highest BCUT2D eigenvalue weighted by molar-refractivity contribution is 5.99. The van der Waals surface area contributed by atoms with Crippen molar-refractivity contribution >= 4 is 74.8 Å². The van der Waals surface area contributed by atoms with Crippen molar-refractivity contribution < 1.29 is 43.2 Å². The smallest absolute Gasteiger partial charge is 0.246 e. The summed E-state index contributed by atoms with van der Waals surface area (Å²) in [6.07, 6.45) is 9.46. The molecule has 8 rings (SSSR count). The second-order valence-corrected chi connectivity index (χ2v) is 21.0. The van der Waals surface area contributed by atoms with Gasteiger partial charge < -0.3 is 57.8 Å². The first-order valence-corrected chi connectivity index (χ1v) is 27.3. The van der Waals surface area contributed by atoms with E-state index < -0.39 is 102 Å². The van der Waals surface area contributed by atoms with Crippen molar-refractivity contribution in [2.45, 2.75) is 158 Å². The SMILES string of the molecule is CCCC[C@H](NC(C)=O)C(=O)N[C@H]1CC(=O)NCCCC[C@@H](C(N)=O)NC(=O)[C@H](Cc2c[nH]c3ccccc23)NC(=O)[C@@H]2CC3CCCCC3N2C(=O)[C@@H](Cc2ccc3ccccc3c2)NC(=O)[C@H](Cc2cnc[nH]2)NC1=O. The van der Waals surface area contributed by atoms with E-state index in [0.717, 1.165) is 46.5 Å². The van der Waals surface area contributed by atoms with Crippen LogP contribution in [0.1, 0.15) is 108 Å². The first-order valence-electron chi connectivity index (χ1n) is 27.3. The summed E-state index contributed by atoms with van der Waals surface area (Å²) in [6, 6.07) is 11.8. The number of rotatable bonds is 13. The lowest BCUT2D eigenvalue weighted by Gasteiger charge is -2.36. The maximum atomic E-state index is 15.8. The number of hydrogen-bond acceptors (Lipinski definition) is 10. The van der Waals surface area contributed by atoms with E-state index in [-0.39, 0.29) is 50.6 Å². The van der Waals surface area contributed by atoms with Gasteiger partial charge in [-0.25, -0.2) is 4.98 Å². The van der Waals surface area contributed by atoms with Gasteiger partial charge in [-0.3, -0.25) is 43.2 Å². The zero-order chi connectivity index (χ0) is 55.3. The zero-order valence-corrected chi connectivity index (χ0v) is 44.2. The molecule has 11 N–H and O–H groups in total. The maximum Gasteiger partial charge on any atom is 0.246 e. The summed E-state index contributed by atoms with van der Waals surface area (Å²) in [5.41, 5.74) is 8.57. The monoisotopic (exact) mass is 1070 g/mol. The molecule has 2 aliphatic heterocycles. The Hall–Kier alpha value is -8.10. The average Bonchev–Trinajstić information content (AvgIpc) is 4.27.